The monoisotopic (exact) mass is 499 g/mol. The van der Waals surface area contributed by atoms with Gasteiger partial charge in [0.2, 0.25) is 5.88 Å². The molecule has 0 fully saturated rings. The molecule has 196 valence electrons. The lowest BCUT2D eigenvalue weighted by atomic mass is 10.1. The molecule has 0 saturated heterocycles. The Morgan fingerprint density at radius 2 is 1.86 bits per heavy atom. The van der Waals surface area contributed by atoms with Gasteiger partial charge in [-0.1, -0.05) is 45.0 Å². The van der Waals surface area contributed by atoms with Gasteiger partial charge in [0, 0.05) is 39.4 Å². The maximum Gasteiger partial charge on any atom is 0.227 e. The molecule has 2 aromatic carbocycles. The smallest absolute Gasteiger partial charge is 0.227 e. The molecule has 1 atom stereocenters. The number of aliphatic hydroxyl groups is 1. The summed E-state index contributed by atoms with van der Waals surface area (Å²) in [5.74, 6) is 0.945. The second-order valence-electron chi connectivity index (χ2n) is 9.20. The van der Waals surface area contributed by atoms with Gasteiger partial charge in [0.05, 0.1) is 36.3 Å². The molecule has 0 aliphatic heterocycles. The summed E-state index contributed by atoms with van der Waals surface area (Å²) in [6.45, 7) is 9.06. The average molecular weight is 500 g/mol. The number of aryl methyl sites for hydroxylation is 1. The molecule has 0 radical (unpaired) electrons. The van der Waals surface area contributed by atoms with Gasteiger partial charge in [0.1, 0.15) is 11.6 Å². The van der Waals surface area contributed by atoms with Crippen LogP contribution in [0.3, 0.4) is 0 Å². The Balaban J connectivity index is 1.93. The minimum absolute atomic E-state index is 0.262. The first-order valence-corrected chi connectivity index (χ1v) is 12.5. The van der Waals surface area contributed by atoms with Gasteiger partial charge in [0.25, 0.3) is 0 Å². The third-order valence-electron chi connectivity index (χ3n) is 5.59. The van der Waals surface area contributed by atoms with Crippen molar-refractivity contribution in [3.05, 3.63) is 71.7 Å². The van der Waals surface area contributed by atoms with Gasteiger partial charge in [-0.05, 0) is 36.6 Å². The molecule has 0 aliphatic rings. The predicted octanol–water partition coefficient (Wildman–Crippen LogP) is 4.85. The number of benzene rings is 2. The van der Waals surface area contributed by atoms with Gasteiger partial charge in [-0.15, -0.1) is 0 Å². The first kappa shape index (κ1) is 27.8. The number of hydrogen-bond acceptors (Lipinski definition) is 6. The van der Waals surface area contributed by atoms with E-state index in [1.807, 2.05) is 37.3 Å². The largest absolute Gasteiger partial charge is 0.438 e. The molecule has 1 N–H and O–H groups in total. The zero-order valence-corrected chi connectivity index (χ0v) is 21.7. The standard InChI is InChI=1S/C28H38FN3O4/c1-5-27-26(18-31(14-15-34-4)17-24(33)20-35-19-21(2)3)28(36-25-13-9-10-22(29)16-25)32(30-27)23-11-7-6-8-12-23/h6-13,16,21,24,33H,5,14-15,17-20H2,1-4H3. The number of methoxy groups -OCH3 is 1. The number of aliphatic hydroxyl groups excluding tert-OH is 1. The molecule has 3 rings (SSSR count). The summed E-state index contributed by atoms with van der Waals surface area (Å²) >= 11 is 0. The van der Waals surface area contributed by atoms with Crippen molar-refractivity contribution >= 4 is 0 Å². The first-order chi connectivity index (χ1) is 17.4. The van der Waals surface area contributed by atoms with Gasteiger partial charge in [-0.2, -0.15) is 5.10 Å². The summed E-state index contributed by atoms with van der Waals surface area (Å²) in [4.78, 5) is 2.11. The fraction of sp³-hybridized carbons (Fsp3) is 0.464. The van der Waals surface area contributed by atoms with E-state index in [2.05, 4.69) is 18.7 Å². The maximum atomic E-state index is 13.9. The highest BCUT2D eigenvalue weighted by Crippen LogP contribution is 2.32. The van der Waals surface area contributed by atoms with E-state index in [0.717, 1.165) is 16.9 Å². The number of para-hydroxylation sites is 1. The summed E-state index contributed by atoms with van der Waals surface area (Å²) < 4.78 is 33.0. The Kier molecular flexibility index (Phi) is 10.9. The van der Waals surface area contributed by atoms with Crippen molar-refractivity contribution in [2.45, 2.75) is 39.8 Å². The molecule has 36 heavy (non-hydrogen) atoms. The van der Waals surface area contributed by atoms with E-state index < -0.39 is 6.10 Å². The Bertz CT molecular complexity index is 1060. The summed E-state index contributed by atoms with van der Waals surface area (Å²) in [5, 5.41) is 15.5. The highest BCUT2D eigenvalue weighted by atomic mass is 19.1. The van der Waals surface area contributed by atoms with E-state index in [4.69, 9.17) is 19.3 Å². The molecular formula is C28H38FN3O4. The second kappa shape index (κ2) is 14.1. The number of nitrogens with zero attached hydrogens (tertiary/aromatic N) is 3. The molecule has 0 amide bonds. The average Bonchev–Trinajstić information content (AvgIpc) is 3.19. The van der Waals surface area contributed by atoms with Gasteiger partial charge < -0.3 is 19.3 Å². The number of hydrogen-bond donors (Lipinski definition) is 1. The summed E-state index contributed by atoms with van der Waals surface area (Å²) in [5.41, 5.74) is 2.60. The molecule has 1 unspecified atom stereocenters. The van der Waals surface area contributed by atoms with Crippen LogP contribution in [0.4, 0.5) is 4.39 Å². The van der Waals surface area contributed by atoms with Crippen LogP contribution in [0.2, 0.25) is 0 Å². The third-order valence-corrected chi connectivity index (χ3v) is 5.59. The molecule has 3 aromatic rings. The van der Waals surface area contributed by atoms with Crippen LogP contribution >= 0.6 is 0 Å². The Morgan fingerprint density at radius 1 is 1.08 bits per heavy atom. The molecule has 1 aromatic heterocycles. The number of rotatable bonds is 15. The van der Waals surface area contributed by atoms with Crippen LogP contribution in [0.15, 0.2) is 54.6 Å². The molecule has 8 heteroatoms. The number of ether oxygens (including phenoxy) is 3. The molecule has 0 spiro atoms. The fourth-order valence-electron chi connectivity index (χ4n) is 3.88. The lowest BCUT2D eigenvalue weighted by Crippen LogP contribution is -2.37. The van der Waals surface area contributed by atoms with Crippen LogP contribution < -0.4 is 4.74 Å². The topological polar surface area (TPSA) is 69.0 Å². The highest BCUT2D eigenvalue weighted by Gasteiger charge is 2.24. The highest BCUT2D eigenvalue weighted by molar-refractivity contribution is 5.43. The van der Waals surface area contributed by atoms with E-state index in [9.17, 15) is 9.50 Å². The van der Waals surface area contributed by atoms with Crippen LogP contribution in [-0.2, 0) is 22.4 Å². The number of halogens is 1. The van der Waals surface area contributed by atoms with Gasteiger partial charge >= 0.3 is 0 Å². The van der Waals surface area contributed by atoms with Gasteiger partial charge in [-0.3, -0.25) is 4.90 Å². The van der Waals surface area contributed by atoms with Crippen molar-refractivity contribution in [3.63, 3.8) is 0 Å². The van der Waals surface area contributed by atoms with Crippen molar-refractivity contribution in [3.8, 4) is 17.3 Å². The van der Waals surface area contributed by atoms with Crippen molar-refractivity contribution in [2.24, 2.45) is 5.92 Å². The quantitative estimate of drug-likeness (QED) is 0.323. The second-order valence-corrected chi connectivity index (χ2v) is 9.20. The molecule has 7 nitrogen and oxygen atoms in total. The van der Waals surface area contributed by atoms with Gasteiger partial charge in [0.15, 0.2) is 0 Å². The third kappa shape index (κ3) is 8.13. The van der Waals surface area contributed by atoms with Crippen molar-refractivity contribution in [1.82, 2.24) is 14.7 Å². The summed E-state index contributed by atoms with van der Waals surface area (Å²) in [6.07, 6.45) is 0.0368. The van der Waals surface area contributed by atoms with Crippen LogP contribution in [0.1, 0.15) is 32.0 Å². The molecular weight excluding hydrogens is 461 g/mol. The van der Waals surface area contributed by atoms with Gasteiger partial charge in [-0.25, -0.2) is 9.07 Å². The Morgan fingerprint density at radius 3 is 2.53 bits per heavy atom. The fourth-order valence-corrected chi connectivity index (χ4v) is 3.88. The Hall–Kier alpha value is -2.78. The molecule has 1 heterocycles. The van der Waals surface area contributed by atoms with Crippen molar-refractivity contribution in [2.75, 3.05) is 40.0 Å². The van der Waals surface area contributed by atoms with Crippen LogP contribution in [0, 0.1) is 11.7 Å². The van der Waals surface area contributed by atoms with E-state index in [1.165, 1.54) is 12.1 Å². The molecule has 0 aliphatic carbocycles. The Labute approximate surface area is 213 Å². The van der Waals surface area contributed by atoms with E-state index in [0.29, 0.717) is 56.8 Å². The van der Waals surface area contributed by atoms with E-state index in [-0.39, 0.29) is 12.4 Å². The first-order valence-electron chi connectivity index (χ1n) is 12.5. The van der Waals surface area contributed by atoms with Crippen molar-refractivity contribution < 1.29 is 23.7 Å². The van der Waals surface area contributed by atoms with Crippen LogP contribution in [0.5, 0.6) is 11.6 Å². The number of aromatic nitrogens is 2. The lowest BCUT2D eigenvalue weighted by Gasteiger charge is -2.25. The van der Waals surface area contributed by atoms with Crippen molar-refractivity contribution in [1.29, 1.82) is 0 Å². The van der Waals surface area contributed by atoms with Crippen LogP contribution in [0.25, 0.3) is 5.69 Å². The molecule has 0 saturated carbocycles. The van der Waals surface area contributed by atoms with Crippen LogP contribution in [-0.4, -0.2) is 65.9 Å². The SMILES string of the molecule is CCc1nn(-c2ccccc2)c(Oc2cccc(F)c2)c1CN(CCOC)CC(O)COCC(C)C. The van der Waals surface area contributed by atoms with E-state index in [1.54, 1.807) is 23.9 Å². The minimum atomic E-state index is -0.651. The zero-order valence-electron chi connectivity index (χ0n) is 21.7. The zero-order chi connectivity index (χ0) is 25.9. The summed E-state index contributed by atoms with van der Waals surface area (Å²) in [6, 6.07) is 15.8. The summed E-state index contributed by atoms with van der Waals surface area (Å²) in [7, 11) is 1.66. The maximum absolute atomic E-state index is 13.9. The van der Waals surface area contributed by atoms with E-state index >= 15 is 0 Å². The minimum Gasteiger partial charge on any atom is -0.438 e. The lowest BCUT2D eigenvalue weighted by molar-refractivity contribution is 0.00323. The normalized spacial score (nSPS) is 12.4. The predicted molar refractivity (Wildman–Crippen MR) is 138 cm³/mol. The molecule has 0 bridgehead atoms.